The molecule has 1 saturated heterocycles. The van der Waals surface area contributed by atoms with Crippen molar-refractivity contribution in [3.8, 4) is 0 Å². The number of amides is 1. The molecule has 3 atom stereocenters. The van der Waals surface area contributed by atoms with Crippen LogP contribution in [0.2, 0.25) is 0 Å². The number of primary amides is 1. The first-order valence-corrected chi connectivity index (χ1v) is 11.0. The zero-order chi connectivity index (χ0) is 18.1. The maximum atomic E-state index is 11.4. The zero-order valence-corrected chi connectivity index (χ0v) is 19.4. The molecule has 6 nitrogen and oxygen atoms in total. The van der Waals surface area contributed by atoms with Crippen LogP contribution in [0.4, 0.5) is 0 Å². The molecule has 26 heavy (non-hydrogen) atoms. The minimum Gasteiger partial charge on any atom is -0.369 e. The van der Waals surface area contributed by atoms with E-state index in [0.29, 0.717) is 6.04 Å². The molecular formula is C18H36IN5OS. The number of rotatable bonds is 8. The number of nitrogens with zero attached hydrogens (tertiary/aromatic N) is 2. The van der Waals surface area contributed by atoms with Gasteiger partial charge in [0.15, 0.2) is 5.96 Å². The van der Waals surface area contributed by atoms with Gasteiger partial charge >= 0.3 is 0 Å². The van der Waals surface area contributed by atoms with Crippen molar-refractivity contribution in [3.05, 3.63) is 0 Å². The van der Waals surface area contributed by atoms with Gasteiger partial charge < -0.3 is 21.3 Å². The predicted octanol–water partition coefficient (Wildman–Crippen LogP) is 2.03. The Hall–Kier alpha value is -0.220. The number of piperidine rings is 1. The van der Waals surface area contributed by atoms with Gasteiger partial charge in [-0.3, -0.25) is 9.79 Å². The highest BCUT2D eigenvalue weighted by atomic mass is 127. The quantitative estimate of drug-likeness (QED) is 0.207. The summed E-state index contributed by atoms with van der Waals surface area (Å²) in [5, 5.41) is 7.74. The van der Waals surface area contributed by atoms with Crippen LogP contribution in [0.1, 0.15) is 45.4 Å². The second-order valence-corrected chi connectivity index (χ2v) is 8.31. The molecule has 0 spiro atoms. The molecule has 2 fully saturated rings. The van der Waals surface area contributed by atoms with Crippen molar-refractivity contribution >= 4 is 47.6 Å². The normalized spacial score (nSPS) is 27.0. The van der Waals surface area contributed by atoms with Gasteiger partial charge in [-0.1, -0.05) is 0 Å². The Kier molecular flexibility index (Phi) is 11.9. The van der Waals surface area contributed by atoms with E-state index in [2.05, 4.69) is 28.7 Å². The van der Waals surface area contributed by atoms with Crippen LogP contribution in [0.15, 0.2) is 4.99 Å². The molecule has 0 radical (unpaired) electrons. The highest BCUT2D eigenvalue weighted by Gasteiger charge is 2.25. The number of carbonyl (C=O) groups excluding carboxylic acids is 1. The van der Waals surface area contributed by atoms with E-state index >= 15 is 0 Å². The van der Waals surface area contributed by atoms with Crippen molar-refractivity contribution in [2.45, 2.75) is 56.7 Å². The summed E-state index contributed by atoms with van der Waals surface area (Å²) in [5.74, 6) is 0.826. The third-order valence-corrected chi connectivity index (χ3v) is 6.31. The van der Waals surface area contributed by atoms with Gasteiger partial charge in [0.05, 0.1) is 5.92 Å². The van der Waals surface area contributed by atoms with Crippen LogP contribution in [0.5, 0.6) is 0 Å². The van der Waals surface area contributed by atoms with Crippen LogP contribution < -0.4 is 16.4 Å². The van der Waals surface area contributed by atoms with Gasteiger partial charge in [0.2, 0.25) is 5.91 Å². The summed E-state index contributed by atoms with van der Waals surface area (Å²) in [6.07, 6.45) is 8.99. The van der Waals surface area contributed by atoms with Gasteiger partial charge in [0.25, 0.3) is 0 Å². The van der Waals surface area contributed by atoms with Crippen LogP contribution in [0, 0.1) is 5.92 Å². The Labute approximate surface area is 179 Å². The first-order valence-electron chi connectivity index (χ1n) is 9.71. The van der Waals surface area contributed by atoms with E-state index in [1.165, 1.54) is 19.3 Å². The fourth-order valence-electron chi connectivity index (χ4n) is 3.77. The molecule has 8 heteroatoms. The molecule has 1 amide bonds. The maximum absolute atomic E-state index is 11.4. The predicted molar refractivity (Wildman–Crippen MR) is 122 cm³/mol. The number of hydrogen-bond donors (Lipinski definition) is 3. The average molecular weight is 497 g/mol. The lowest BCUT2D eigenvalue weighted by Crippen LogP contribution is -2.43. The van der Waals surface area contributed by atoms with Gasteiger partial charge in [-0.25, -0.2) is 0 Å². The van der Waals surface area contributed by atoms with Crippen molar-refractivity contribution in [2.24, 2.45) is 16.6 Å². The summed E-state index contributed by atoms with van der Waals surface area (Å²) in [4.78, 5) is 18.4. The lowest BCUT2D eigenvalue weighted by Gasteiger charge is -2.30. The zero-order valence-electron chi connectivity index (χ0n) is 16.2. The number of thioether (sulfide) groups is 1. The van der Waals surface area contributed by atoms with Crippen LogP contribution in [-0.4, -0.2) is 67.0 Å². The van der Waals surface area contributed by atoms with E-state index in [-0.39, 0.29) is 35.8 Å². The molecule has 1 heterocycles. The third kappa shape index (κ3) is 8.21. The maximum Gasteiger partial charge on any atom is 0.221 e. The monoisotopic (exact) mass is 497 g/mol. The van der Waals surface area contributed by atoms with E-state index in [0.717, 1.165) is 63.2 Å². The Morgan fingerprint density at radius 3 is 2.81 bits per heavy atom. The standard InChI is InChI=1S/C18H35N5OS.HI/c1-3-20-18(22-15-7-8-16(12-15)25-2)21-9-5-11-23-10-4-6-14(13-23)17(19)24;/h14-16H,3-13H2,1-2H3,(H2,19,24)(H2,20,21,22);1H. The van der Waals surface area contributed by atoms with Crippen LogP contribution in [0.25, 0.3) is 0 Å². The number of carbonyl (C=O) groups is 1. The SMILES string of the molecule is CCNC(=NCCCN1CCCC(C(N)=O)C1)NC1CCC(SC)C1.I. The molecule has 1 aliphatic carbocycles. The lowest BCUT2D eigenvalue weighted by atomic mass is 9.97. The minimum atomic E-state index is -0.151. The number of hydrogen-bond acceptors (Lipinski definition) is 4. The smallest absolute Gasteiger partial charge is 0.221 e. The van der Waals surface area contributed by atoms with Crippen molar-refractivity contribution < 1.29 is 4.79 Å². The summed E-state index contributed by atoms with van der Waals surface area (Å²) in [6, 6.07) is 0.550. The molecule has 0 aromatic carbocycles. The molecule has 0 aromatic rings. The molecule has 1 saturated carbocycles. The number of nitrogens with two attached hydrogens (primary N) is 1. The van der Waals surface area contributed by atoms with Crippen LogP contribution >= 0.6 is 35.7 Å². The van der Waals surface area contributed by atoms with E-state index in [4.69, 9.17) is 10.7 Å². The molecule has 2 rings (SSSR count). The van der Waals surface area contributed by atoms with Crippen molar-refractivity contribution in [1.82, 2.24) is 15.5 Å². The van der Waals surface area contributed by atoms with E-state index in [1.807, 2.05) is 11.8 Å². The number of halogens is 1. The van der Waals surface area contributed by atoms with Crippen molar-refractivity contribution in [2.75, 3.05) is 39.0 Å². The van der Waals surface area contributed by atoms with Gasteiger partial charge in [-0.2, -0.15) is 11.8 Å². The first kappa shape index (κ1) is 23.8. The molecular weight excluding hydrogens is 461 g/mol. The summed E-state index contributed by atoms with van der Waals surface area (Å²) in [7, 11) is 0. The van der Waals surface area contributed by atoms with Crippen molar-refractivity contribution in [1.29, 1.82) is 0 Å². The second kappa shape index (κ2) is 13.0. The van der Waals surface area contributed by atoms with Gasteiger partial charge in [-0.15, -0.1) is 24.0 Å². The third-order valence-electron chi connectivity index (χ3n) is 5.21. The lowest BCUT2D eigenvalue weighted by molar-refractivity contribution is -0.123. The van der Waals surface area contributed by atoms with E-state index in [9.17, 15) is 4.79 Å². The highest BCUT2D eigenvalue weighted by Crippen LogP contribution is 2.28. The van der Waals surface area contributed by atoms with Crippen molar-refractivity contribution in [3.63, 3.8) is 0 Å². The van der Waals surface area contributed by atoms with Gasteiger partial charge in [0.1, 0.15) is 0 Å². The second-order valence-electron chi connectivity index (χ2n) is 7.17. The van der Waals surface area contributed by atoms with E-state index in [1.54, 1.807) is 0 Å². The number of aliphatic imine (C=N–C) groups is 1. The molecule has 2 aliphatic rings. The Morgan fingerprint density at radius 1 is 1.35 bits per heavy atom. The summed E-state index contributed by atoms with van der Waals surface area (Å²) in [5.41, 5.74) is 5.45. The molecule has 1 aliphatic heterocycles. The fourth-order valence-corrected chi connectivity index (χ4v) is 4.57. The fraction of sp³-hybridized carbons (Fsp3) is 0.889. The number of likely N-dealkylation sites (tertiary alicyclic amines) is 1. The number of nitrogens with one attached hydrogen (secondary N) is 2. The minimum absolute atomic E-state index is 0. The molecule has 3 unspecified atom stereocenters. The Morgan fingerprint density at radius 2 is 2.15 bits per heavy atom. The van der Waals surface area contributed by atoms with Crippen LogP contribution in [-0.2, 0) is 4.79 Å². The first-order chi connectivity index (χ1) is 12.1. The Bertz CT molecular complexity index is 451. The average Bonchev–Trinajstić information content (AvgIpc) is 3.06. The van der Waals surface area contributed by atoms with Gasteiger partial charge in [0, 0.05) is 30.9 Å². The highest BCUT2D eigenvalue weighted by molar-refractivity contribution is 14.0. The summed E-state index contributed by atoms with van der Waals surface area (Å²) < 4.78 is 0. The largest absolute Gasteiger partial charge is 0.369 e. The summed E-state index contributed by atoms with van der Waals surface area (Å²) in [6.45, 7) is 6.68. The molecule has 152 valence electrons. The topological polar surface area (TPSA) is 82.8 Å². The van der Waals surface area contributed by atoms with Crippen LogP contribution in [0.3, 0.4) is 0 Å². The van der Waals surface area contributed by atoms with Gasteiger partial charge in [-0.05, 0) is 64.8 Å². The molecule has 0 bridgehead atoms. The summed E-state index contributed by atoms with van der Waals surface area (Å²) >= 11 is 1.98. The molecule has 0 aromatic heterocycles. The Balaban J connectivity index is 0.00000338. The molecule has 4 N–H and O–H groups in total. The van der Waals surface area contributed by atoms with E-state index < -0.39 is 0 Å². The number of guanidine groups is 1.